The van der Waals surface area contributed by atoms with E-state index in [1.165, 1.54) is 16.9 Å². The van der Waals surface area contributed by atoms with Crippen LogP contribution in [-0.2, 0) is 11.3 Å². The third kappa shape index (κ3) is 4.87. The van der Waals surface area contributed by atoms with Gasteiger partial charge in [0.1, 0.15) is 0 Å². The number of thiazole rings is 1. The smallest absolute Gasteiger partial charge is 0.253 e. The number of hydrogen-bond donors (Lipinski definition) is 3. The van der Waals surface area contributed by atoms with Crippen LogP contribution in [0.1, 0.15) is 54.1 Å². The maximum atomic E-state index is 13.1. The molecule has 186 valence electrons. The summed E-state index contributed by atoms with van der Waals surface area (Å²) in [6, 6.07) is 20.6. The fourth-order valence-corrected chi connectivity index (χ4v) is 5.40. The number of anilines is 1. The lowest BCUT2D eigenvalue weighted by Crippen LogP contribution is -2.22. The Morgan fingerprint density at radius 2 is 1.78 bits per heavy atom. The molecule has 6 rings (SSSR count). The molecule has 1 saturated carbocycles. The van der Waals surface area contributed by atoms with Crippen LogP contribution in [0, 0.1) is 5.92 Å². The molecule has 0 unspecified atom stereocenters. The molecule has 1 aliphatic carbocycles. The molecular formula is C30H28N4O2S. The van der Waals surface area contributed by atoms with Crippen molar-refractivity contribution >= 4 is 49.4 Å². The van der Waals surface area contributed by atoms with Crippen LogP contribution < -0.4 is 10.6 Å². The zero-order chi connectivity index (χ0) is 25.5. The van der Waals surface area contributed by atoms with Gasteiger partial charge in [-0.05, 0) is 65.3 Å². The molecule has 0 saturated heterocycles. The van der Waals surface area contributed by atoms with Crippen molar-refractivity contribution < 1.29 is 9.59 Å². The predicted octanol–water partition coefficient (Wildman–Crippen LogP) is 6.85. The maximum absolute atomic E-state index is 13.1. The molecule has 0 spiro atoms. The molecule has 3 aromatic carbocycles. The number of fused-ring (bicyclic) bond motifs is 2. The van der Waals surface area contributed by atoms with E-state index in [-0.39, 0.29) is 17.7 Å². The third-order valence-electron chi connectivity index (χ3n) is 6.93. The van der Waals surface area contributed by atoms with Crippen molar-refractivity contribution in [1.29, 1.82) is 0 Å². The van der Waals surface area contributed by atoms with Gasteiger partial charge in [-0.2, -0.15) is 0 Å². The molecule has 0 aliphatic heterocycles. The summed E-state index contributed by atoms with van der Waals surface area (Å²) >= 11 is 1.49. The Morgan fingerprint density at radius 1 is 1.03 bits per heavy atom. The van der Waals surface area contributed by atoms with Gasteiger partial charge in [0.2, 0.25) is 5.91 Å². The van der Waals surface area contributed by atoms with Crippen molar-refractivity contribution in [3.05, 3.63) is 83.6 Å². The van der Waals surface area contributed by atoms with Gasteiger partial charge in [-0.3, -0.25) is 9.59 Å². The molecule has 7 heteroatoms. The Hall–Kier alpha value is -3.97. The molecule has 0 bridgehead atoms. The Bertz CT molecular complexity index is 1630. The first-order valence-electron chi connectivity index (χ1n) is 12.6. The first-order valence-corrected chi connectivity index (χ1v) is 13.5. The molecule has 0 atom stereocenters. The summed E-state index contributed by atoms with van der Waals surface area (Å²) in [6.45, 7) is 4.82. The number of amides is 2. The second kappa shape index (κ2) is 9.48. The predicted molar refractivity (Wildman–Crippen MR) is 150 cm³/mol. The largest absolute Gasteiger partial charge is 0.360 e. The van der Waals surface area contributed by atoms with Gasteiger partial charge in [0.15, 0.2) is 5.13 Å². The van der Waals surface area contributed by atoms with E-state index in [9.17, 15) is 9.59 Å². The van der Waals surface area contributed by atoms with Gasteiger partial charge in [-0.25, -0.2) is 4.98 Å². The quantitative estimate of drug-likeness (QED) is 0.225. The zero-order valence-electron chi connectivity index (χ0n) is 20.8. The first-order chi connectivity index (χ1) is 17.9. The molecule has 6 nitrogen and oxygen atoms in total. The molecule has 5 aromatic rings. The molecule has 2 amide bonds. The second-order valence-corrected chi connectivity index (χ2v) is 11.0. The van der Waals surface area contributed by atoms with Crippen LogP contribution in [0.4, 0.5) is 5.13 Å². The van der Waals surface area contributed by atoms with Crippen LogP contribution in [0.3, 0.4) is 0 Å². The van der Waals surface area contributed by atoms with E-state index in [1.807, 2.05) is 18.2 Å². The van der Waals surface area contributed by atoms with Crippen LogP contribution >= 0.6 is 11.3 Å². The minimum atomic E-state index is -0.106. The van der Waals surface area contributed by atoms with Crippen LogP contribution in [0.25, 0.3) is 32.2 Å². The second-order valence-electron chi connectivity index (χ2n) is 10.0. The summed E-state index contributed by atoms with van der Waals surface area (Å²) < 4.78 is 1.01. The highest BCUT2D eigenvalue weighted by molar-refractivity contribution is 7.22. The lowest BCUT2D eigenvalue weighted by atomic mass is 10.0. The number of nitrogens with zero attached hydrogens (tertiary/aromatic N) is 1. The standard InChI is InChI=1S/C30H28N4O2S/c1-17(2)19-5-3-18(4-6-19)15-32-29(36)24-16-31-25-11-9-21(13-23(24)25)22-10-12-26-27(14-22)37-30(33-26)34-28(35)20-7-8-20/h3-6,9-14,16-17,20,31H,7-8,15H2,1-2H3,(H,32,36)(H,33,34,35). The van der Waals surface area contributed by atoms with E-state index in [0.29, 0.717) is 23.2 Å². The highest BCUT2D eigenvalue weighted by atomic mass is 32.1. The summed E-state index contributed by atoms with van der Waals surface area (Å²) in [4.78, 5) is 33.0. The van der Waals surface area contributed by atoms with E-state index < -0.39 is 0 Å². The number of rotatable bonds is 7. The normalized spacial score (nSPS) is 13.4. The van der Waals surface area contributed by atoms with Gasteiger partial charge in [-0.1, -0.05) is 61.6 Å². The fourth-order valence-electron chi connectivity index (χ4n) is 4.50. The van der Waals surface area contributed by atoms with Crippen molar-refractivity contribution in [2.45, 2.75) is 39.2 Å². The summed E-state index contributed by atoms with van der Waals surface area (Å²) in [5.74, 6) is 0.587. The van der Waals surface area contributed by atoms with Crippen LogP contribution in [-0.4, -0.2) is 21.8 Å². The molecule has 1 fully saturated rings. The van der Waals surface area contributed by atoms with E-state index in [2.05, 4.69) is 76.9 Å². The highest BCUT2D eigenvalue weighted by Crippen LogP contribution is 2.34. The molecule has 0 radical (unpaired) electrons. The van der Waals surface area contributed by atoms with Crippen molar-refractivity contribution in [3.63, 3.8) is 0 Å². The Labute approximate surface area is 219 Å². The SMILES string of the molecule is CC(C)c1ccc(CNC(=O)c2c[nH]c3ccc(-c4ccc5nc(NC(=O)C6CC6)sc5c4)cc23)cc1. The Kier molecular flexibility index (Phi) is 6.00. The number of hydrogen-bond acceptors (Lipinski definition) is 4. The topological polar surface area (TPSA) is 86.9 Å². The number of carbonyl (C=O) groups excluding carboxylic acids is 2. The molecule has 2 aromatic heterocycles. The molecule has 3 N–H and O–H groups in total. The first kappa shape index (κ1) is 23.4. The fraction of sp³-hybridized carbons (Fsp3) is 0.233. The number of nitrogens with one attached hydrogen (secondary N) is 3. The van der Waals surface area contributed by atoms with Gasteiger partial charge in [0.05, 0.1) is 15.8 Å². The van der Waals surface area contributed by atoms with Gasteiger partial charge in [0.25, 0.3) is 5.91 Å². The summed E-state index contributed by atoms with van der Waals surface area (Å²) in [6.07, 6.45) is 3.70. The molecule has 2 heterocycles. The zero-order valence-corrected chi connectivity index (χ0v) is 21.6. The molecule has 1 aliphatic rings. The number of aromatic amines is 1. The van der Waals surface area contributed by atoms with Crippen LogP contribution in [0.5, 0.6) is 0 Å². The minimum Gasteiger partial charge on any atom is -0.360 e. The van der Waals surface area contributed by atoms with Gasteiger partial charge in [0, 0.05) is 29.6 Å². The van der Waals surface area contributed by atoms with Gasteiger partial charge < -0.3 is 15.6 Å². The van der Waals surface area contributed by atoms with Gasteiger partial charge in [-0.15, -0.1) is 0 Å². The summed E-state index contributed by atoms with van der Waals surface area (Å²) in [5, 5.41) is 7.52. The van der Waals surface area contributed by atoms with Crippen molar-refractivity contribution in [2.24, 2.45) is 5.92 Å². The minimum absolute atomic E-state index is 0.0653. The lowest BCUT2D eigenvalue weighted by molar-refractivity contribution is -0.117. The average molecular weight is 509 g/mol. The van der Waals surface area contributed by atoms with Gasteiger partial charge >= 0.3 is 0 Å². The Balaban J connectivity index is 1.21. The number of aromatic nitrogens is 2. The summed E-state index contributed by atoms with van der Waals surface area (Å²) in [7, 11) is 0. The average Bonchev–Trinajstić information content (AvgIpc) is 3.55. The maximum Gasteiger partial charge on any atom is 0.253 e. The Morgan fingerprint density at radius 3 is 2.54 bits per heavy atom. The van der Waals surface area contributed by atoms with E-state index in [4.69, 9.17) is 0 Å². The number of benzene rings is 3. The van der Waals surface area contributed by atoms with Crippen LogP contribution in [0.2, 0.25) is 0 Å². The number of carbonyl (C=O) groups is 2. The lowest BCUT2D eigenvalue weighted by Gasteiger charge is -2.08. The van der Waals surface area contributed by atoms with E-state index in [0.717, 1.165) is 50.7 Å². The van der Waals surface area contributed by atoms with E-state index in [1.54, 1.807) is 6.20 Å². The van der Waals surface area contributed by atoms with Crippen molar-refractivity contribution in [2.75, 3.05) is 5.32 Å². The number of H-pyrrole nitrogens is 1. The highest BCUT2D eigenvalue weighted by Gasteiger charge is 2.30. The van der Waals surface area contributed by atoms with Crippen molar-refractivity contribution in [3.8, 4) is 11.1 Å². The van der Waals surface area contributed by atoms with E-state index >= 15 is 0 Å². The third-order valence-corrected chi connectivity index (χ3v) is 7.86. The molecule has 37 heavy (non-hydrogen) atoms. The van der Waals surface area contributed by atoms with Crippen LogP contribution in [0.15, 0.2) is 66.9 Å². The summed E-state index contributed by atoms with van der Waals surface area (Å²) in [5.41, 5.74) is 6.82. The monoisotopic (exact) mass is 508 g/mol. The molecular weight excluding hydrogens is 480 g/mol. The van der Waals surface area contributed by atoms with Crippen molar-refractivity contribution in [1.82, 2.24) is 15.3 Å².